The summed E-state index contributed by atoms with van der Waals surface area (Å²) in [5, 5.41) is 10.4. The number of hydrogen-bond acceptors (Lipinski definition) is 2. The van der Waals surface area contributed by atoms with E-state index in [1.165, 1.54) is 12.1 Å². The number of aliphatic hydroxyl groups is 1. The number of nitrogens with zero attached hydrogens (tertiary/aromatic N) is 1. The molecule has 0 aliphatic rings. The first-order valence-corrected chi connectivity index (χ1v) is 5.00. The van der Waals surface area contributed by atoms with E-state index in [9.17, 15) is 9.50 Å². The zero-order valence-electron chi connectivity index (χ0n) is 8.89. The lowest BCUT2D eigenvalue weighted by atomic mass is 9.92. The molecule has 2 aromatic rings. The lowest BCUT2D eigenvalue weighted by Crippen LogP contribution is -2.23. The molecule has 0 aliphatic heterocycles. The van der Waals surface area contributed by atoms with Gasteiger partial charge in [-0.15, -0.1) is 0 Å². The van der Waals surface area contributed by atoms with Gasteiger partial charge in [0, 0.05) is 6.20 Å². The lowest BCUT2D eigenvalue weighted by Gasteiger charge is -2.23. The summed E-state index contributed by atoms with van der Waals surface area (Å²) in [6.45, 7) is 1.64. The molecule has 1 atom stereocenters. The minimum absolute atomic E-state index is 0.319. The van der Waals surface area contributed by atoms with Crippen molar-refractivity contribution >= 4 is 0 Å². The SMILES string of the molecule is CC(O)(c1ccc(F)cc1)c1ccccn1. The highest BCUT2D eigenvalue weighted by molar-refractivity contribution is 5.31. The largest absolute Gasteiger partial charge is 0.379 e. The Bertz CT molecular complexity index is 465. The molecule has 0 saturated carbocycles. The van der Waals surface area contributed by atoms with Gasteiger partial charge in [-0.05, 0) is 36.8 Å². The maximum absolute atomic E-state index is 12.8. The summed E-state index contributed by atoms with van der Waals surface area (Å²) in [4.78, 5) is 4.11. The topological polar surface area (TPSA) is 33.1 Å². The van der Waals surface area contributed by atoms with Gasteiger partial charge < -0.3 is 5.11 Å². The molecule has 82 valence electrons. The maximum Gasteiger partial charge on any atom is 0.129 e. The minimum atomic E-state index is -1.20. The summed E-state index contributed by atoms with van der Waals surface area (Å²) in [5.41, 5.74) is -0.0381. The molecule has 2 nitrogen and oxygen atoms in total. The van der Waals surface area contributed by atoms with Gasteiger partial charge in [-0.1, -0.05) is 18.2 Å². The third-order valence-electron chi connectivity index (χ3n) is 2.57. The van der Waals surface area contributed by atoms with Gasteiger partial charge in [0.2, 0.25) is 0 Å². The van der Waals surface area contributed by atoms with E-state index in [1.807, 2.05) is 0 Å². The Balaban J connectivity index is 2.43. The van der Waals surface area contributed by atoms with Crippen LogP contribution in [0.15, 0.2) is 48.7 Å². The minimum Gasteiger partial charge on any atom is -0.379 e. The van der Waals surface area contributed by atoms with Crippen LogP contribution in [-0.2, 0) is 5.60 Å². The van der Waals surface area contributed by atoms with Crippen LogP contribution < -0.4 is 0 Å². The first kappa shape index (κ1) is 10.8. The predicted molar refractivity (Wildman–Crippen MR) is 59.3 cm³/mol. The molecule has 1 heterocycles. The van der Waals surface area contributed by atoms with Crippen molar-refractivity contribution < 1.29 is 9.50 Å². The number of hydrogen-bond donors (Lipinski definition) is 1. The second kappa shape index (κ2) is 4.02. The van der Waals surface area contributed by atoms with Crippen molar-refractivity contribution in [2.75, 3.05) is 0 Å². The van der Waals surface area contributed by atoms with Crippen molar-refractivity contribution in [2.45, 2.75) is 12.5 Å². The monoisotopic (exact) mass is 217 g/mol. The number of benzene rings is 1. The van der Waals surface area contributed by atoms with Gasteiger partial charge in [0.25, 0.3) is 0 Å². The molecule has 3 heteroatoms. The van der Waals surface area contributed by atoms with E-state index in [1.54, 1.807) is 43.5 Å². The summed E-state index contributed by atoms with van der Waals surface area (Å²) < 4.78 is 12.8. The van der Waals surface area contributed by atoms with E-state index in [0.717, 1.165) is 0 Å². The fourth-order valence-corrected chi connectivity index (χ4v) is 1.57. The lowest BCUT2D eigenvalue weighted by molar-refractivity contribution is 0.0973. The zero-order chi connectivity index (χ0) is 11.6. The van der Waals surface area contributed by atoms with Gasteiger partial charge in [0.15, 0.2) is 0 Å². The fraction of sp³-hybridized carbons (Fsp3) is 0.154. The van der Waals surface area contributed by atoms with Crippen LogP contribution in [0.25, 0.3) is 0 Å². The molecule has 0 saturated heterocycles. The first-order valence-electron chi connectivity index (χ1n) is 5.00. The predicted octanol–water partition coefficient (Wildman–Crippen LogP) is 2.48. The number of halogens is 1. The van der Waals surface area contributed by atoms with Crippen molar-refractivity contribution in [1.82, 2.24) is 4.98 Å². The molecule has 16 heavy (non-hydrogen) atoms. The highest BCUT2D eigenvalue weighted by Gasteiger charge is 2.26. The van der Waals surface area contributed by atoms with E-state index >= 15 is 0 Å². The van der Waals surface area contributed by atoms with Crippen LogP contribution in [0.3, 0.4) is 0 Å². The fourth-order valence-electron chi connectivity index (χ4n) is 1.57. The number of rotatable bonds is 2. The number of aromatic nitrogens is 1. The molecule has 0 radical (unpaired) electrons. The molecule has 0 amide bonds. The normalized spacial score (nSPS) is 14.4. The third kappa shape index (κ3) is 1.95. The molecular weight excluding hydrogens is 205 g/mol. The van der Waals surface area contributed by atoms with Gasteiger partial charge >= 0.3 is 0 Å². The van der Waals surface area contributed by atoms with Crippen LogP contribution in [-0.4, -0.2) is 10.1 Å². The van der Waals surface area contributed by atoms with Crippen LogP contribution >= 0.6 is 0 Å². The Hall–Kier alpha value is -1.74. The average Bonchev–Trinajstić information content (AvgIpc) is 2.31. The molecule has 0 fully saturated rings. The van der Waals surface area contributed by atoms with Gasteiger partial charge in [-0.2, -0.15) is 0 Å². The number of pyridine rings is 1. The molecule has 0 bridgehead atoms. The zero-order valence-corrected chi connectivity index (χ0v) is 8.89. The van der Waals surface area contributed by atoms with Crippen molar-refractivity contribution in [3.8, 4) is 0 Å². The van der Waals surface area contributed by atoms with E-state index in [4.69, 9.17) is 0 Å². The summed E-state index contributed by atoms with van der Waals surface area (Å²) in [5.74, 6) is -0.319. The molecule has 1 N–H and O–H groups in total. The molecule has 0 spiro atoms. The van der Waals surface area contributed by atoms with Gasteiger partial charge in [0.05, 0.1) is 5.69 Å². The highest BCUT2D eigenvalue weighted by Crippen LogP contribution is 2.27. The summed E-state index contributed by atoms with van der Waals surface area (Å²) in [6, 6.07) is 11.1. The van der Waals surface area contributed by atoms with Crippen molar-refractivity contribution in [3.05, 3.63) is 65.7 Å². The van der Waals surface area contributed by atoms with Gasteiger partial charge in [-0.3, -0.25) is 4.98 Å². The van der Waals surface area contributed by atoms with Crippen LogP contribution in [0.2, 0.25) is 0 Å². The van der Waals surface area contributed by atoms with Crippen LogP contribution in [0.1, 0.15) is 18.2 Å². The van der Waals surface area contributed by atoms with E-state index in [2.05, 4.69) is 4.98 Å². The van der Waals surface area contributed by atoms with Crippen molar-refractivity contribution in [3.63, 3.8) is 0 Å². The third-order valence-corrected chi connectivity index (χ3v) is 2.57. The van der Waals surface area contributed by atoms with Crippen LogP contribution in [0.4, 0.5) is 4.39 Å². The first-order chi connectivity index (χ1) is 7.60. The molecule has 1 unspecified atom stereocenters. The average molecular weight is 217 g/mol. The second-order valence-corrected chi connectivity index (χ2v) is 3.79. The van der Waals surface area contributed by atoms with E-state index in [0.29, 0.717) is 11.3 Å². The van der Waals surface area contributed by atoms with Crippen molar-refractivity contribution in [2.24, 2.45) is 0 Å². The highest BCUT2D eigenvalue weighted by atomic mass is 19.1. The smallest absolute Gasteiger partial charge is 0.129 e. The quantitative estimate of drug-likeness (QED) is 0.838. The Morgan fingerprint density at radius 2 is 1.81 bits per heavy atom. The molecular formula is C13H12FNO. The molecule has 0 aliphatic carbocycles. The van der Waals surface area contributed by atoms with E-state index < -0.39 is 5.60 Å². The Labute approximate surface area is 93.4 Å². The van der Waals surface area contributed by atoms with Crippen LogP contribution in [0, 0.1) is 5.82 Å². The van der Waals surface area contributed by atoms with Gasteiger partial charge in [0.1, 0.15) is 11.4 Å². The summed E-state index contributed by atoms with van der Waals surface area (Å²) in [7, 11) is 0. The van der Waals surface area contributed by atoms with Gasteiger partial charge in [-0.25, -0.2) is 4.39 Å². The molecule has 2 rings (SSSR count). The summed E-state index contributed by atoms with van der Waals surface area (Å²) in [6.07, 6.45) is 1.62. The Morgan fingerprint density at radius 1 is 1.12 bits per heavy atom. The summed E-state index contributed by atoms with van der Waals surface area (Å²) >= 11 is 0. The molecule has 1 aromatic heterocycles. The molecule has 1 aromatic carbocycles. The van der Waals surface area contributed by atoms with Crippen LogP contribution in [0.5, 0.6) is 0 Å². The Kier molecular flexibility index (Phi) is 2.71. The maximum atomic E-state index is 12.8. The Morgan fingerprint density at radius 3 is 2.38 bits per heavy atom. The standard InChI is InChI=1S/C13H12FNO/c1-13(16,12-4-2-3-9-15-12)10-5-7-11(14)8-6-10/h2-9,16H,1H3. The van der Waals surface area contributed by atoms with Crippen molar-refractivity contribution in [1.29, 1.82) is 0 Å². The van der Waals surface area contributed by atoms with E-state index in [-0.39, 0.29) is 5.82 Å². The second-order valence-electron chi connectivity index (χ2n) is 3.79.